The molecule has 0 radical (unpaired) electrons. The Bertz CT molecular complexity index is 1040. The zero-order chi connectivity index (χ0) is 21.3. The van der Waals surface area contributed by atoms with Gasteiger partial charge >= 0.3 is 6.18 Å². The van der Waals surface area contributed by atoms with Gasteiger partial charge < -0.3 is 10.1 Å². The molecule has 154 valence electrons. The van der Waals surface area contributed by atoms with Crippen molar-refractivity contribution >= 4 is 44.6 Å². The van der Waals surface area contributed by atoms with Crippen molar-refractivity contribution in [2.24, 2.45) is 0 Å². The third-order valence-electron chi connectivity index (χ3n) is 3.56. The van der Waals surface area contributed by atoms with E-state index in [1.807, 2.05) is 0 Å². The van der Waals surface area contributed by atoms with Crippen LogP contribution >= 0.6 is 38.9 Å². The number of rotatable bonds is 5. The molecule has 0 atom stereocenters. The first-order valence-corrected chi connectivity index (χ1v) is 9.61. The number of nitrogens with zero attached hydrogens (tertiary/aromatic N) is 1. The van der Waals surface area contributed by atoms with E-state index < -0.39 is 34.9 Å². The molecule has 3 nitrogen and oxygen atoms in total. The second-order valence-electron chi connectivity index (χ2n) is 5.54. The van der Waals surface area contributed by atoms with E-state index in [-0.39, 0.29) is 34.6 Å². The van der Waals surface area contributed by atoms with Crippen molar-refractivity contribution in [3.8, 4) is 11.5 Å². The Labute approximate surface area is 177 Å². The SMILES string of the molecule is Fc1ccc(NCc2cnc(Cl)s2)c(Oc2c(F)cc(C(F)(F)F)cc2F)c1Br. The van der Waals surface area contributed by atoms with Crippen molar-refractivity contribution < 1.29 is 31.1 Å². The van der Waals surface area contributed by atoms with E-state index in [2.05, 4.69) is 26.2 Å². The lowest BCUT2D eigenvalue weighted by Crippen LogP contribution is -2.08. The maximum Gasteiger partial charge on any atom is 0.416 e. The molecule has 1 aromatic heterocycles. The smallest absolute Gasteiger partial charge is 0.416 e. The van der Waals surface area contributed by atoms with Gasteiger partial charge in [0, 0.05) is 11.1 Å². The molecular formula is C17H8BrClF6N2OS. The number of aromatic nitrogens is 1. The molecule has 1 heterocycles. The number of ether oxygens (including phenoxy) is 1. The molecule has 0 saturated carbocycles. The van der Waals surface area contributed by atoms with Crippen LogP contribution < -0.4 is 10.1 Å². The maximum atomic E-state index is 14.1. The average Bonchev–Trinajstić information content (AvgIpc) is 3.05. The fourth-order valence-electron chi connectivity index (χ4n) is 2.24. The fourth-order valence-corrected chi connectivity index (χ4v) is 3.59. The Morgan fingerprint density at radius 2 is 1.72 bits per heavy atom. The van der Waals surface area contributed by atoms with Gasteiger partial charge in [0.25, 0.3) is 0 Å². The summed E-state index contributed by atoms with van der Waals surface area (Å²) < 4.78 is 85.4. The van der Waals surface area contributed by atoms with Gasteiger partial charge in [0.2, 0.25) is 0 Å². The van der Waals surface area contributed by atoms with Crippen LogP contribution in [0.2, 0.25) is 4.47 Å². The number of anilines is 1. The monoisotopic (exact) mass is 516 g/mol. The third kappa shape index (κ3) is 4.96. The summed E-state index contributed by atoms with van der Waals surface area (Å²) in [6.45, 7) is 0.177. The number of halogens is 8. The van der Waals surface area contributed by atoms with Gasteiger partial charge in [-0.1, -0.05) is 11.6 Å². The van der Waals surface area contributed by atoms with Crippen LogP contribution in [0.15, 0.2) is 34.9 Å². The van der Waals surface area contributed by atoms with E-state index in [1.54, 1.807) is 0 Å². The van der Waals surface area contributed by atoms with Gasteiger partial charge in [-0.3, -0.25) is 0 Å². The summed E-state index contributed by atoms with van der Waals surface area (Å²) in [5.41, 5.74) is -1.39. The van der Waals surface area contributed by atoms with Crippen LogP contribution in [0.3, 0.4) is 0 Å². The minimum absolute atomic E-state index is 0.0953. The molecule has 0 bridgehead atoms. The highest BCUT2D eigenvalue weighted by atomic mass is 79.9. The van der Waals surface area contributed by atoms with Crippen LogP contribution in [0, 0.1) is 17.5 Å². The van der Waals surface area contributed by atoms with E-state index in [0.717, 1.165) is 6.07 Å². The van der Waals surface area contributed by atoms with E-state index in [1.165, 1.54) is 23.6 Å². The van der Waals surface area contributed by atoms with Crippen molar-refractivity contribution in [2.75, 3.05) is 5.32 Å². The Kier molecular flexibility index (Phi) is 6.30. The lowest BCUT2D eigenvalue weighted by molar-refractivity contribution is -0.138. The van der Waals surface area contributed by atoms with Crippen LogP contribution in [-0.2, 0) is 12.7 Å². The highest BCUT2D eigenvalue weighted by Gasteiger charge is 2.33. The molecule has 29 heavy (non-hydrogen) atoms. The van der Waals surface area contributed by atoms with Gasteiger partial charge in [-0.15, -0.1) is 11.3 Å². The number of benzene rings is 2. The molecule has 0 saturated heterocycles. The van der Waals surface area contributed by atoms with E-state index >= 15 is 0 Å². The van der Waals surface area contributed by atoms with E-state index in [4.69, 9.17) is 16.3 Å². The standard InChI is InChI=1S/C17H8BrClF6N2OS/c18-13-9(20)1-2-12(26-5-8-6-27-16(19)29-8)15(13)28-14-10(21)3-7(4-11(14)22)17(23,24)25/h1-4,6,26H,5H2. The molecular weight excluding hydrogens is 510 g/mol. The number of thiazole rings is 1. The number of hydrogen-bond donors (Lipinski definition) is 1. The Morgan fingerprint density at radius 1 is 1.07 bits per heavy atom. The molecule has 0 aliphatic heterocycles. The first kappa shape index (κ1) is 21.7. The average molecular weight is 518 g/mol. The Balaban J connectivity index is 1.95. The zero-order valence-electron chi connectivity index (χ0n) is 13.9. The van der Waals surface area contributed by atoms with Crippen molar-refractivity contribution in [1.29, 1.82) is 0 Å². The number of alkyl halides is 3. The number of hydrogen-bond acceptors (Lipinski definition) is 4. The van der Waals surface area contributed by atoms with Gasteiger partial charge in [0.15, 0.2) is 27.6 Å². The molecule has 0 fully saturated rings. The first-order chi connectivity index (χ1) is 13.6. The lowest BCUT2D eigenvalue weighted by Gasteiger charge is -2.16. The molecule has 2 aromatic carbocycles. The van der Waals surface area contributed by atoms with E-state index in [0.29, 0.717) is 9.34 Å². The van der Waals surface area contributed by atoms with Gasteiger partial charge in [-0.05, 0) is 40.2 Å². The molecule has 1 N–H and O–H groups in total. The van der Waals surface area contributed by atoms with Crippen molar-refractivity contribution in [1.82, 2.24) is 4.98 Å². The highest BCUT2D eigenvalue weighted by Crippen LogP contribution is 2.42. The molecule has 0 unspecified atom stereocenters. The minimum atomic E-state index is -4.94. The number of nitrogens with one attached hydrogen (secondary N) is 1. The van der Waals surface area contributed by atoms with E-state index in [9.17, 15) is 26.3 Å². The van der Waals surface area contributed by atoms with Gasteiger partial charge in [-0.25, -0.2) is 18.2 Å². The third-order valence-corrected chi connectivity index (χ3v) is 5.41. The lowest BCUT2D eigenvalue weighted by atomic mass is 10.2. The fraction of sp³-hybridized carbons (Fsp3) is 0.118. The largest absolute Gasteiger partial charge is 0.448 e. The topological polar surface area (TPSA) is 34.2 Å². The van der Waals surface area contributed by atoms with Crippen LogP contribution in [0.5, 0.6) is 11.5 Å². The van der Waals surface area contributed by atoms with Gasteiger partial charge in [0.05, 0.1) is 22.3 Å². The van der Waals surface area contributed by atoms with Crippen LogP contribution in [0.25, 0.3) is 0 Å². The van der Waals surface area contributed by atoms with Crippen molar-refractivity contribution in [3.05, 3.63) is 67.3 Å². The van der Waals surface area contributed by atoms with Crippen molar-refractivity contribution in [2.45, 2.75) is 12.7 Å². The zero-order valence-corrected chi connectivity index (χ0v) is 17.0. The summed E-state index contributed by atoms with van der Waals surface area (Å²) in [5, 5.41) is 2.87. The summed E-state index contributed by atoms with van der Waals surface area (Å²) in [4.78, 5) is 4.56. The van der Waals surface area contributed by atoms with Crippen LogP contribution in [0.1, 0.15) is 10.4 Å². The summed E-state index contributed by atoms with van der Waals surface area (Å²) in [5.74, 6) is -5.44. The second-order valence-corrected chi connectivity index (χ2v) is 8.03. The summed E-state index contributed by atoms with van der Waals surface area (Å²) in [7, 11) is 0. The van der Waals surface area contributed by atoms with Gasteiger partial charge in [-0.2, -0.15) is 13.2 Å². The second kappa shape index (κ2) is 8.41. The molecule has 0 amide bonds. The molecule has 3 aromatic rings. The maximum absolute atomic E-state index is 14.1. The summed E-state index contributed by atoms with van der Waals surface area (Å²) >= 11 is 9.83. The van der Waals surface area contributed by atoms with Crippen molar-refractivity contribution in [3.63, 3.8) is 0 Å². The first-order valence-electron chi connectivity index (χ1n) is 7.62. The normalized spacial score (nSPS) is 11.6. The van der Waals surface area contributed by atoms with Gasteiger partial charge in [0.1, 0.15) is 5.82 Å². The Hall–Kier alpha value is -1.98. The molecule has 12 heteroatoms. The van der Waals surface area contributed by atoms with Crippen LogP contribution in [0.4, 0.5) is 32.0 Å². The minimum Gasteiger partial charge on any atom is -0.448 e. The Morgan fingerprint density at radius 3 is 2.28 bits per heavy atom. The quantitative estimate of drug-likeness (QED) is 0.358. The van der Waals surface area contributed by atoms with Crippen LogP contribution in [-0.4, -0.2) is 4.98 Å². The molecule has 0 spiro atoms. The molecule has 0 aliphatic carbocycles. The molecule has 3 rings (SSSR count). The predicted molar refractivity (Wildman–Crippen MR) is 100.0 cm³/mol. The highest BCUT2D eigenvalue weighted by molar-refractivity contribution is 9.10. The predicted octanol–water partition coefficient (Wildman–Crippen LogP) is 7.40. The molecule has 0 aliphatic rings. The summed E-state index contributed by atoms with van der Waals surface area (Å²) in [6.07, 6.45) is -3.45. The summed E-state index contributed by atoms with van der Waals surface area (Å²) in [6, 6.07) is 2.51.